The molecule has 0 aliphatic rings. The lowest BCUT2D eigenvalue weighted by Crippen LogP contribution is -1.81. The van der Waals surface area contributed by atoms with E-state index in [0.717, 1.165) is 4.88 Å². The van der Waals surface area contributed by atoms with Gasteiger partial charge in [-0.15, -0.1) is 22.7 Å². The number of thiophene rings is 2. The van der Waals surface area contributed by atoms with E-state index in [1.807, 2.05) is 17.4 Å². The van der Waals surface area contributed by atoms with Crippen LogP contribution in [0.1, 0.15) is 48.8 Å². The van der Waals surface area contributed by atoms with Gasteiger partial charge in [0.05, 0.1) is 6.61 Å². The van der Waals surface area contributed by atoms with Gasteiger partial charge in [0.25, 0.3) is 0 Å². The molecule has 0 saturated heterocycles. The molecule has 2 rings (SSSR count). The lowest BCUT2D eigenvalue weighted by molar-refractivity contribution is 0.285. The van der Waals surface area contributed by atoms with Crippen molar-refractivity contribution in [1.29, 1.82) is 0 Å². The molecule has 0 aromatic carbocycles. The molecule has 1 N–H and O–H groups in total. The Morgan fingerprint density at radius 1 is 0.842 bits per heavy atom. The molecule has 0 saturated carbocycles. The molecule has 0 atom stereocenters. The Morgan fingerprint density at radius 2 is 1.47 bits per heavy atom. The summed E-state index contributed by atoms with van der Waals surface area (Å²) in [6, 6.07) is 8.62. The van der Waals surface area contributed by atoms with Crippen LogP contribution in [0.15, 0.2) is 24.3 Å². The Hall–Kier alpha value is -0.640. The van der Waals surface area contributed by atoms with E-state index in [2.05, 4.69) is 25.1 Å². The number of rotatable bonds is 8. The van der Waals surface area contributed by atoms with Gasteiger partial charge in [0.15, 0.2) is 0 Å². The smallest absolute Gasteiger partial charge is 0.0774 e. The Bertz CT molecular complexity index is 484. The molecule has 2 heterocycles. The number of aliphatic hydroxyl groups is 1. The third kappa shape index (κ3) is 4.44. The second-order valence-corrected chi connectivity index (χ2v) is 7.19. The molecule has 0 fully saturated rings. The summed E-state index contributed by atoms with van der Waals surface area (Å²) in [5.41, 5.74) is 0. The molecule has 2 aromatic rings. The van der Waals surface area contributed by atoms with Gasteiger partial charge >= 0.3 is 0 Å². The topological polar surface area (TPSA) is 20.2 Å². The predicted octanol–water partition coefficient (Wildman–Crippen LogP) is 5.48. The fourth-order valence-corrected chi connectivity index (χ4v) is 4.15. The van der Waals surface area contributed by atoms with E-state index in [1.54, 1.807) is 11.3 Å². The molecule has 0 bridgehead atoms. The highest BCUT2D eigenvalue weighted by Crippen LogP contribution is 2.34. The van der Waals surface area contributed by atoms with E-state index in [4.69, 9.17) is 5.11 Å². The van der Waals surface area contributed by atoms with Crippen LogP contribution in [0.25, 0.3) is 9.75 Å². The lowest BCUT2D eigenvalue weighted by atomic mass is 10.1. The zero-order valence-corrected chi connectivity index (χ0v) is 13.2. The van der Waals surface area contributed by atoms with Gasteiger partial charge in [0.2, 0.25) is 0 Å². The van der Waals surface area contributed by atoms with E-state index in [9.17, 15) is 0 Å². The summed E-state index contributed by atoms with van der Waals surface area (Å²) >= 11 is 3.60. The molecule has 0 unspecified atom stereocenters. The van der Waals surface area contributed by atoms with E-state index >= 15 is 0 Å². The monoisotopic (exact) mass is 294 g/mol. The molecule has 0 radical (unpaired) electrons. The average Bonchev–Trinajstić information content (AvgIpc) is 3.07. The van der Waals surface area contributed by atoms with Gasteiger partial charge in [-0.3, -0.25) is 0 Å². The SMILES string of the molecule is CCCCCCCc1ccc(-c2ccc(CO)s2)s1. The van der Waals surface area contributed by atoms with Crippen LogP contribution in [0.3, 0.4) is 0 Å². The maximum atomic E-state index is 9.10. The molecule has 3 heteroatoms. The van der Waals surface area contributed by atoms with Crippen molar-refractivity contribution in [3.63, 3.8) is 0 Å². The first-order valence-electron chi connectivity index (χ1n) is 7.12. The Labute approximate surface area is 123 Å². The summed E-state index contributed by atoms with van der Waals surface area (Å²) < 4.78 is 0. The third-order valence-corrected chi connectivity index (χ3v) is 5.66. The lowest BCUT2D eigenvalue weighted by Gasteiger charge is -1.98. The van der Waals surface area contributed by atoms with Crippen LogP contribution in [0.4, 0.5) is 0 Å². The molecule has 0 aliphatic carbocycles. The Balaban J connectivity index is 1.84. The van der Waals surface area contributed by atoms with E-state index in [1.165, 1.54) is 53.2 Å². The molecule has 1 nitrogen and oxygen atoms in total. The summed E-state index contributed by atoms with van der Waals surface area (Å²) in [4.78, 5) is 5.16. The third-order valence-electron chi connectivity index (χ3n) is 3.25. The van der Waals surface area contributed by atoms with Crippen LogP contribution in [-0.2, 0) is 13.0 Å². The number of hydrogen-bond acceptors (Lipinski definition) is 3. The Kier molecular flexibility index (Phi) is 6.08. The van der Waals surface area contributed by atoms with E-state index < -0.39 is 0 Å². The van der Waals surface area contributed by atoms with Crippen molar-refractivity contribution in [3.05, 3.63) is 34.0 Å². The fraction of sp³-hybridized carbons (Fsp3) is 0.500. The first kappa shape index (κ1) is 14.8. The molecule has 0 amide bonds. The Morgan fingerprint density at radius 3 is 2.11 bits per heavy atom. The summed E-state index contributed by atoms with van der Waals surface area (Å²) in [6.45, 7) is 2.41. The molecule has 0 aliphatic heterocycles. The minimum absolute atomic E-state index is 0.153. The van der Waals surface area contributed by atoms with Crippen molar-refractivity contribution in [2.75, 3.05) is 0 Å². The standard InChI is InChI=1S/C16H22OS2/c1-2-3-4-5-6-7-13-8-10-15(18-13)16-11-9-14(12-17)19-16/h8-11,17H,2-7,12H2,1H3. The van der Waals surface area contributed by atoms with E-state index in [-0.39, 0.29) is 6.61 Å². The summed E-state index contributed by atoms with van der Waals surface area (Å²) in [6.07, 6.45) is 7.94. The van der Waals surface area contributed by atoms with E-state index in [0.29, 0.717) is 0 Å². The van der Waals surface area contributed by atoms with Gasteiger partial charge in [-0.1, -0.05) is 32.6 Å². The molecular weight excluding hydrogens is 272 g/mol. The van der Waals surface area contributed by atoms with Crippen LogP contribution >= 0.6 is 22.7 Å². The van der Waals surface area contributed by atoms with Gasteiger partial charge in [0.1, 0.15) is 0 Å². The fourth-order valence-electron chi connectivity index (χ4n) is 2.14. The minimum atomic E-state index is 0.153. The predicted molar refractivity (Wildman–Crippen MR) is 86.0 cm³/mol. The van der Waals surface area contributed by atoms with Crippen molar-refractivity contribution in [1.82, 2.24) is 0 Å². The van der Waals surface area contributed by atoms with Crippen molar-refractivity contribution < 1.29 is 5.11 Å². The van der Waals surface area contributed by atoms with Crippen LogP contribution in [0, 0.1) is 0 Å². The number of aryl methyl sites for hydroxylation is 1. The highest BCUT2D eigenvalue weighted by atomic mass is 32.1. The van der Waals surface area contributed by atoms with Crippen LogP contribution in [0.5, 0.6) is 0 Å². The molecule has 104 valence electrons. The normalized spacial score (nSPS) is 11.1. The number of hydrogen-bond donors (Lipinski definition) is 1. The molecule has 19 heavy (non-hydrogen) atoms. The number of aliphatic hydroxyl groups excluding tert-OH is 1. The maximum absolute atomic E-state index is 9.10. The van der Waals surface area contributed by atoms with Crippen LogP contribution in [0.2, 0.25) is 0 Å². The van der Waals surface area contributed by atoms with Gasteiger partial charge in [-0.2, -0.15) is 0 Å². The average molecular weight is 294 g/mol. The summed E-state index contributed by atoms with van der Waals surface area (Å²) in [7, 11) is 0. The summed E-state index contributed by atoms with van der Waals surface area (Å²) in [5, 5.41) is 9.10. The molecule has 0 spiro atoms. The van der Waals surface area contributed by atoms with Gasteiger partial charge in [-0.05, 0) is 37.1 Å². The summed E-state index contributed by atoms with van der Waals surface area (Å²) in [5.74, 6) is 0. The highest BCUT2D eigenvalue weighted by Gasteiger charge is 2.06. The van der Waals surface area contributed by atoms with Crippen molar-refractivity contribution in [2.24, 2.45) is 0 Å². The van der Waals surface area contributed by atoms with Crippen LogP contribution in [-0.4, -0.2) is 5.11 Å². The van der Waals surface area contributed by atoms with Gasteiger partial charge in [0, 0.05) is 19.5 Å². The van der Waals surface area contributed by atoms with Gasteiger partial charge in [-0.25, -0.2) is 0 Å². The quantitative estimate of drug-likeness (QED) is 0.639. The second-order valence-electron chi connectivity index (χ2n) is 4.85. The zero-order valence-electron chi connectivity index (χ0n) is 11.5. The first-order chi connectivity index (χ1) is 9.33. The minimum Gasteiger partial charge on any atom is -0.391 e. The van der Waals surface area contributed by atoms with Crippen LogP contribution < -0.4 is 0 Å². The highest BCUT2D eigenvalue weighted by molar-refractivity contribution is 7.22. The number of unbranched alkanes of at least 4 members (excludes halogenated alkanes) is 4. The zero-order chi connectivity index (χ0) is 13.5. The molecule has 2 aromatic heterocycles. The largest absolute Gasteiger partial charge is 0.391 e. The second kappa shape index (κ2) is 7.83. The van der Waals surface area contributed by atoms with Crippen molar-refractivity contribution in [2.45, 2.75) is 52.1 Å². The van der Waals surface area contributed by atoms with Crippen molar-refractivity contribution in [3.8, 4) is 9.75 Å². The first-order valence-corrected chi connectivity index (χ1v) is 8.75. The van der Waals surface area contributed by atoms with Crippen molar-refractivity contribution >= 4 is 22.7 Å². The maximum Gasteiger partial charge on any atom is 0.0774 e. The molecular formula is C16H22OS2. The van der Waals surface area contributed by atoms with Gasteiger partial charge < -0.3 is 5.11 Å².